The lowest BCUT2D eigenvalue weighted by Gasteiger charge is -2.03. The monoisotopic (exact) mass is 204 g/mol. The molecule has 0 saturated carbocycles. The molecule has 1 N–H and O–H groups in total. The molecule has 0 aliphatic rings. The fourth-order valence-corrected chi connectivity index (χ4v) is 1.42. The van der Waals surface area contributed by atoms with Crippen molar-refractivity contribution in [2.75, 3.05) is 6.61 Å². The summed E-state index contributed by atoms with van der Waals surface area (Å²) in [5.41, 5.74) is 2.07. The molecule has 0 unspecified atom stereocenters. The number of aliphatic hydroxyl groups is 1. The van der Waals surface area contributed by atoms with E-state index in [9.17, 15) is 0 Å². The lowest BCUT2D eigenvalue weighted by Crippen LogP contribution is -2.05. The first-order chi connectivity index (χ1) is 7.31. The highest BCUT2D eigenvalue weighted by Crippen LogP contribution is 2.10. The standard InChI is InChI=1S/C10H12N4O/c1-8-3-2-4-9(7-8)14-10(5-6-15)11-12-13-14/h2-4,7,15H,5-6H2,1H3. The van der Waals surface area contributed by atoms with Gasteiger partial charge in [-0.15, -0.1) is 5.10 Å². The SMILES string of the molecule is Cc1cccc(-n2nnnc2CCO)c1. The Morgan fingerprint density at radius 1 is 1.40 bits per heavy atom. The first-order valence-corrected chi connectivity index (χ1v) is 4.76. The van der Waals surface area contributed by atoms with E-state index in [4.69, 9.17) is 5.11 Å². The van der Waals surface area contributed by atoms with Crippen LogP contribution in [0.4, 0.5) is 0 Å². The van der Waals surface area contributed by atoms with E-state index in [1.807, 2.05) is 31.2 Å². The summed E-state index contributed by atoms with van der Waals surface area (Å²) in [7, 11) is 0. The van der Waals surface area contributed by atoms with Gasteiger partial charge in [0.1, 0.15) is 0 Å². The summed E-state index contributed by atoms with van der Waals surface area (Å²) >= 11 is 0. The molecule has 2 aromatic rings. The molecule has 1 aromatic heterocycles. The third kappa shape index (κ3) is 2.02. The van der Waals surface area contributed by atoms with E-state index in [0.717, 1.165) is 11.3 Å². The summed E-state index contributed by atoms with van der Waals surface area (Å²) < 4.78 is 1.64. The minimum absolute atomic E-state index is 0.0478. The Kier molecular flexibility index (Phi) is 2.73. The highest BCUT2D eigenvalue weighted by molar-refractivity contribution is 5.34. The molecule has 15 heavy (non-hydrogen) atoms. The third-order valence-electron chi connectivity index (χ3n) is 2.12. The van der Waals surface area contributed by atoms with Gasteiger partial charge in [0.15, 0.2) is 5.82 Å². The van der Waals surface area contributed by atoms with Gasteiger partial charge >= 0.3 is 0 Å². The molecule has 5 nitrogen and oxygen atoms in total. The van der Waals surface area contributed by atoms with Crippen LogP contribution < -0.4 is 0 Å². The molecule has 0 fully saturated rings. The summed E-state index contributed by atoms with van der Waals surface area (Å²) in [5, 5.41) is 20.2. The number of aryl methyl sites for hydroxylation is 1. The van der Waals surface area contributed by atoms with E-state index in [-0.39, 0.29) is 6.61 Å². The van der Waals surface area contributed by atoms with E-state index < -0.39 is 0 Å². The molecule has 0 atom stereocenters. The predicted molar refractivity (Wildman–Crippen MR) is 54.7 cm³/mol. The number of aromatic nitrogens is 4. The molecular formula is C10H12N4O. The van der Waals surface area contributed by atoms with Gasteiger partial charge in [0, 0.05) is 6.42 Å². The zero-order chi connectivity index (χ0) is 10.7. The Labute approximate surface area is 87.4 Å². The van der Waals surface area contributed by atoms with Crippen LogP contribution in [0.15, 0.2) is 24.3 Å². The van der Waals surface area contributed by atoms with Gasteiger partial charge in [-0.3, -0.25) is 0 Å². The molecule has 5 heteroatoms. The second-order valence-electron chi connectivity index (χ2n) is 3.32. The van der Waals surface area contributed by atoms with Crippen LogP contribution in [0.1, 0.15) is 11.4 Å². The van der Waals surface area contributed by atoms with Crippen LogP contribution in [0.3, 0.4) is 0 Å². The maximum absolute atomic E-state index is 8.86. The molecule has 0 amide bonds. The van der Waals surface area contributed by atoms with Crippen molar-refractivity contribution in [3.8, 4) is 5.69 Å². The van der Waals surface area contributed by atoms with Crippen molar-refractivity contribution in [1.29, 1.82) is 0 Å². The van der Waals surface area contributed by atoms with Gasteiger partial charge in [0.05, 0.1) is 12.3 Å². The van der Waals surface area contributed by atoms with E-state index in [1.54, 1.807) is 4.68 Å². The zero-order valence-corrected chi connectivity index (χ0v) is 8.46. The van der Waals surface area contributed by atoms with Gasteiger partial charge in [-0.25, -0.2) is 0 Å². The Morgan fingerprint density at radius 3 is 3.00 bits per heavy atom. The molecule has 1 heterocycles. The summed E-state index contributed by atoms with van der Waals surface area (Å²) in [6, 6.07) is 7.90. The Bertz CT molecular complexity index is 452. The van der Waals surface area contributed by atoms with Gasteiger partial charge in [-0.1, -0.05) is 12.1 Å². The largest absolute Gasteiger partial charge is 0.396 e. The number of rotatable bonds is 3. The molecule has 0 radical (unpaired) electrons. The van der Waals surface area contributed by atoms with Crippen LogP contribution in [-0.4, -0.2) is 31.9 Å². The van der Waals surface area contributed by atoms with Gasteiger partial charge in [-0.2, -0.15) is 4.68 Å². The molecule has 1 aromatic carbocycles. The van der Waals surface area contributed by atoms with E-state index in [0.29, 0.717) is 12.2 Å². The minimum atomic E-state index is 0.0478. The Balaban J connectivity index is 2.40. The topological polar surface area (TPSA) is 63.8 Å². The smallest absolute Gasteiger partial charge is 0.158 e. The lowest BCUT2D eigenvalue weighted by molar-refractivity contribution is 0.295. The van der Waals surface area contributed by atoms with Crippen LogP contribution in [0.2, 0.25) is 0 Å². The average molecular weight is 204 g/mol. The Morgan fingerprint density at radius 2 is 2.27 bits per heavy atom. The highest BCUT2D eigenvalue weighted by atomic mass is 16.3. The Hall–Kier alpha value is -1.75. The molecule has 0 aliphatic heterocycles. The summed E-state index contributed by atoms with van der Waals surface area (Å²) in [4.78, 5) is 0. The molecule has 0 saturated heterocycles. The normalized spacial score (nSPS) is 10.5. The molecule has 2 rings (SSSR count). The number of tetrazole rings is 1. The van der Waals surface area contributed by atoms with Gasteiger partial charge in [0.2, 0.25) is 0 Å². The predicted octanol–water partition coefficient (Wildman–Crippen LogP) is 0.506. The van der Waals surface area contributed by atoms with E-state index in [1.165, 1.54) is 0 Å². The maximum atomic E-state index is 8.86. The van der Waals surface area contributed by atoms with Crippen molar-refractivity contribution in [1.82, 2.24) is 20.2 Å². The van der Waals surface area contributed by atoms with Crippen LogP contribution in [0.25, 0.3) is 5.69 Å². The number of hydrogen-bond donors (Lipinski definition) is 1. The van der Waals surface area contributed by atoms with Crippen molar-refractivity contribution in [3.05, 3.63) is 35.7 Å². The van der Waals surface area contributed by atoms with Crippen molar-refractivity contribution in [2.45, 2.75) is 13.3 Å². The number of nitrogens with zero attached hydrogens (tertiary/aromatic N) is 4. The first kappa shape index (κ1) is 9.79. The zero-order valence-electron chi connectivity index (χ0n) is 8.46. The van der Waals surface area contributed by atoms with Crippen molar-refractivity contribution in [2.24, 2.45) is 0 Å². The maximum Gasteiger partial charge on any atom is 0.158 e. The van der Waals surface area contributed by atoms with Crippen LogP contribution in [0.5, 0.6) is 0 Å². The van der Waals surface area contributed by atoms with Crippen LogP contribution in [0, 0.1) is 6.92 Å². The van der Waals surface area contributed by atoms with Crippen molar-refractivity contribution >= 4 is 0 Å². The highest BCUT2D eigenvalue weighted by Gasteiger charge is 2.06. The fraction of sp³-hybridized carbons (Fsp3) is 0.300. The quantitative estimate of drug-likeness (QED) is 0.791. The van der Waals surface area contributed by atoms with Gasteiger partial charge in [-0.05, 0) is 35.0 Å². The molecule has 78 valence electrons. The van der Waals surface area contributed by atoms with Crippen molar-refractivity contribution in [3.63, 3.8) is 0 Å². The summed E-state index contributed by atoms with van der Waals surface area (Å²) in [6.45, 7) is 2.06. The van der Waals surface area contributed by atoms with Crippen LogP contribution >= 0.6 is 0 Å². The van der Waals surface area contributed by atoms with E-state index in [2.05, 4.69) is 15.5 Å². The second-order valence-corrected chi connectivity index (χ2v) is 3.32. The first-order valence-electron chi connectivity index (χ1n) is 4.76. The number of hydrogen-bond acceptors (Lipinski definition) is 4. The molecule has 0 bridgehead atoms. The average Bonchev–Trinajstić information content (AvgIpc) is 2.66. The van der Waals surface area contributed by atoms with Crippen LogP contribution in [-0.2, 0) is 6.42 Å². The van der Waals surface area contributed by atoms with Gasteiger partial charge < -0.3 is 5.11 Å². The molecular weight excluding hydrogens is 192 g/mol. The number of benzene rings is 1. The summed E-state index contributed by atoms with van der Waals surface area (Å²) in [6.07, 6.45) is 0.459. The minimum Gasteiger partial charge on any atom is -0.396 e. The molecule has 0 aliphatic carbocycles. The third-order valence-corrected chi connectivity index (χ3v) is 2.12. The molecule has 0 spiro atoms. The van der Waals surface area contributed by atoms with Crippen molar-refractivity contribution < 1.29 is 5.11 Å². The second kappa shape index (κ2) is 4.18. The number of aliphatic hydroxyl groups excluding tert-OH is 1. The lowest BCUT2D eigenvalue weighted by atomic mass is 10.2. The fourth-order valence-electron chi connectivity index (χ4n) is 1.42. The van der Waals surface area contributed by atoms with Gasteiger partial charge in [0.25, 0.3) is 0 Å². The summed E-state index contributed by atoms with van der Waals surface area (Å²) in [5.74, 6) is 0.670. The van der Waals surface area contributed by atoms with E-state index >= 15 is 0 Å².